The summed E-state index contributed by atoms with van der Waals surface area (Å²) in [7, 11) is 0. The van der Waals surface area contributed by atoms with E-state index in [2.05, 4.69) is 10.2 Å². The molecular formula is C6H5ClN2O2. The van der Waals surface area contributed by atoms with Gasteiger partial charge in [0.15, 0.2) is 5.69 Å². The molecule has 58 valence electrons. The molecule has 0 aliphatic carbocycles. The number of carboxylic acids is 1. The second-order valence-corrected chi connectivity index (χ2v) is 2.38. The molecule has 0 aliphatic rings. The number of carbonyl (C=O) groups is 1. The lowest BCUT2D eigenvalue weighted by Gasteiger charge is -1.95. The Bertz CT molecular complexity index is 301. The third kappa shape index (κ3) is 1.65. The first-order valence-corrected chi connectivity index (χ1v) is 3.22. The van der Waals surface area contributed by atoms with Gasteiger partial charge in [-0.05, 0) is 13.0 Å². The molecule has 0 saturated carbocycles. The van der Waals surface area contributed by atoms with E-state index in [1.165, 1.54) is 6.07 Å². The van der Waals surface area contributed by atoms with Crippen molar-refractivity contribution < 1.29 is 9.90 Å². The van der Waals surface area contributed by atoms with Gasteiger partial charge in [-0.15, -0.1) is 5.10 Å². The predicted octanol–water partition coefficient (Wildman–Crippen LogP) is 1.14. The van der Waals surface area contributed by atoms with Gasteiger partial charge in [-0.1, -0.05) is 11.6 Å². The highest BCUT2D eigenvalue weighted by Crippen LogP contribution is 2.11. The number of hydrogen-bond acceptors (Lipinski definition) is 3. The van der Waals surface area contributed by atoms with Crippen LogP contribution in [-0.4, -0.2) is 21.3 Å². The summed E-state index contributed by atoms with van der Waals surface area (Å²) in [6, 6.07) is 1.27. The number of nitrogens with zero attached hydrogens (tertiary/aromatic N) is 2. The monoisotopic (exact) mass is 172 g/mol. The van der Waals surface area contributed by atoms with Crippen molar-refractivity contribution in [3.05, 3.63) is 22.5 Å². The number of aromatic carboxylic acids is 1. The number of halogens is 1. The van der Waals surface area contributed by atoms with Crippen molar-refractivity contribution >= 4 is 17.6 Å². The van der Waals surface area contributed by atoms with Crippen molar-refractivity contribution in [3.63, 3.8) is 0 Å². The first kappa shape index (κ1) is 7.94. The fraction of sp³-hybridized carbons (Fsp3) is 0.167. The van der Waals surface area contributed by atoms with Crippen LogP contribution < -0.4 is 0 Å². The van der Waals surface area contributed by atoms with Crippen LogP contribution in [0, 0.1) is 6.92 Å². The molecule has 0 aromatic carbocycles. The number of aryl methyl sites for hydroxylation is 1. The Kier molecular flexibility index (Phi) is 2.05. The minimum atomic E-state index is -1.13. The van der Waals surface area contributed by atoms with Gasteiger partial charge in [0.2, 0.25) is 0 Å². The summed E-state index contributed by atoms with van der Waals surface area (Å²) < 4.78 is 0. The average molecular weight is 173 g/mol. The number of rotatable bonds is 1. The van der Waals surface area contributed by atoms with Gasteiger partial charge in [0.25, 0.3) is 0 Å². The Balaban J connectivity index is 3.15. The summed E-state index contributed by atoms with van der Waals surface area (Å²) in [4.78, 5) is 10.3. The van der Waals surface area contributed by atoms with E-state index in [9.17, 15) is 4.79 Å². The van der Waals surface area contributed by atoms with E-state index < -0.39 is 5.97 Å². The largest absolute Gasteiger partial charge is 0.476 e. The molecule has 1 aromatic heterocycles. The topological polar surface area (TPSA) is 63.1 Å². The molecule has 0 amide bonds. The average Bonchev–Trinajstić information content (AvgIpc) is 1.94. The molecule has 0 spiro atoms. The number of aromatic nitrogens is 2. The van der Waals surface area contributed by atoms with Crippen molar-refractivity contribution in [1.29, 1.82) is 0 Å². The lowest BCUT2D eigenvalue weighted by molar-refractivity contribution is 0.0689. The van der Waals surface area contributed by atoms with Crippen molar-refractivity contribution in [2.45, 2.75) is 6.92 Å². The maximum Gasteiger partial charge on any atom is 0.356 e. The van der Waals surface area contributed by atoms with Gasteiger partial charge in [0, 0.05) is 0 Å². The molecule has 0 unspecified atom stereocenters. The fourth-order valence-corrected chi connectivity index (χ4v) is 0.676. The van der Waals surface area contributed by atoms with E-state index in [4.69, 9.17) is 16.7 Å². The van der Waals surface area contributed by atoms with Gasteiger partial charge >= 0.3 is 5.97 Å². The summed E-state index contributed by atoms with van der Waals surface area (Å²) >= 11 is 5.59. The van der Waals surface area contributed by atoms with Crippen LogP contribution in [0.25, 0.3) is 0 Å². The Labute approximate surface area is 67.8 Å². The van der Waals surface area contributed by atoms with Crippen LogP contribution in [-0.2, 0) is 0 Å². The lowest BCUT2D eigenvalue weighted by atomic mass is 10.3. The van der Waals surface area contributed by atoms with Gasteiger partial charge < -0.3 is 5.11 Å². The molecule has 1 aromatic rings. The third-order valence-corrected chi connectivity index (χ3v) is 1.52. The normalized spacial score (nSPS) is 9.64. The highest BCUT2D eigenvalue weighted by atomic mass is 35.5. The summed E-state index contributed by atoms with van der Waals surface area (Å²) in [5, 5.41) is 15.7. The highest BCUT2D eigenvalue weighted by Gasteiger charge is 2.06. The fourth-order valence-electron chi connectivity index (χ4n) is 0.534. The Morgan fingerprint density at radius 2 is 2.27 bits per heavy atom. The molecular weight excluding hydrogens is 168 g/mol. The van der Waals surface area contributed by atoms with Gasteiger partial charge in [-0.2, -0.15) is 5.10 Å². The van der Waals surface area contributed by atoms with Crippen molar-refractivity contribution in [2.75, 3.05) is 0 Å². The zero-order valence-electron chi connectivity index (χ0n) is 5.71. The van der Waals surface area contributed by atoms with Crippen LogP contribution in [0.4, 0.5) is 0 Å². The smallest absolute Gasteiger partial charge is 0.356 e. The van der Waals surface area contributed by atoms with E-state index in [1.807, 2.05) is 0 Å². The molecule has 1 heterocycles. The van der Waals surface area contributed by atoms with Gasteiger partial charge in [-0.25, -0.2) is 4.79 Å². The highest BCUT2D eigenvalue weighted by molar-refractivity contribution is 6.31. The standard InChI is InChI=1S/C6H5ClN2O2/c1-3-4(7)2-5(6(10)11)9-8-3/h2H,1H3,(H,10,11). The molecule has 0 bridgehead atoms. The number of carboxylic acid groups (broad SMARTS) is 1. The van der Waals surface area contributed by atoms with Crippen molar-refractivity contribution in [1.82, 2.24) is 10.2 Å². The molecule has 1 rings (SSSR count). The summed E-state index contributed by atoms with van der Waals surface area (Å²) in [6.45, 7) is 1.65. The summed E-state index contributed by atoms with van der Waals surface area (Å²) in [5.74, 6) is -1.13. The van der Waals surface area contributed by atoms with E-state index in [1.54, 1.807) is 6.92 Å². The summed E-state index contributed by atoms with van der Waals surface area (Å²) in [5.41, 5.74) is 0.386. The molecule has 11 heavy (non-hydrogen) atoms. The Hall–Kier alpha value is -1.16. The van der Waals surface area contributed by atoms with E-state index >= 15 is 0 Å². The maximum atomic E-state index is 10.3. The Morgan fingerprint density at radius 3 is 2.73 bits per heavy atom. The van der Waals surface area contributed by atoms with Gasteiger partial charge in [0.1, 0.15) is 0 Å². The quantitative estimate of drug-likeness (QED) is 0.690. The molecule has 0 fully saturated rings. The van der Waals surface area contributed by atoms with Gasteiger partial charge in [-0.3, -0.25) is 0 Å². The summed E-state index contributed by atoms with van der Waals surface area (Å²) in [6.07, 6.45) is 0. The number of hydrogen-bond donors (Lipinski definition) is 1. The Morgan fingerprint density at radius 1 is 1.64 bits per heavy atom. The van der Waals surface area contributed by atoms with E-state index in [0.717, 1.165) is 0 Å². The first-order valence-electron chi connectivity index (χ1n) is 2.84. The minimum Gasteiger partial charge on any atom is -0.476 e. The second-order valence-electron chi connectivity index (χ2n) is 1.97. The first-order chi connectivity index (χ1) is 5.11. The van der Waals surface area contributed by atoms with E-state index in [0.29, 0.717) is 10.7 Å². The molecule has 0 radical (unpaired) electrons. The molecule has 0 atom stereocenters. The molecule has 0 saturated heterocycles. The van der Waals surface area contributed by atoms with Crippen LogP contribution in [0.2, 0.25) is 5.02 Å². The van der Waals surface area contributed by atoms with Crippen LogP contribution in [0.3, 0.4) is 0 Å². The SMILES string of the molecule is Cc1nnc(C(=O)O)cc1Cl. The van der Waals surface area contributed by atoms with Crippen LogP contribution in [0.5, 0.6) is 0 Å². The maximum absolute atomic E-state index is 10.3. The molecule has 4 nitrogen and oxygen atoms in total. The lowest BCUT2D eigenvalue weighted by Crippen LogP contribution is -2.02. The zero-order chi connectivity index (χ0) is 8.43. The van der Waals surface area contributed by atoms with Crippen LogP contribution in [0.1, 0.15) is 16.2 Å². The van der Waals surface area contributed by atoms with Gasteiger partial charge in [0.05, 0.1) is 10.7 Å². The molecule has 5 heteroatoms. The minimum absolute atomic E-state index is 0.138. The zero-order valence-corrected chi connectivity index (χ0v) is 6.46. The molecule has 1 N–H and O–H groups in total. The predicted molar refractivity (Wildman–Crippen MR) is 38.7 cm³/mol. The van der Waals surface area contributed by atoms with Crippen LogP contribution >= 0.6 is 11.6 Å². The van der Waals surface area contributed by atoms with Crippen LogP contribution in [0.15, 0.2) is 6.07 Å². The molecule has 0 aliphatic heterocycles. The third-order valence-electron chi connectivity index (χ3n) is 1.14. The second kappa shape index (κ2) is 2.84. The van der Waals surface area contributed by atoms with Crippen molar-refractivity contribution in [3.8, 4) is 0 Å². The van der Waals surface area contributed by atoms with E-state index in [-0.39, 0.29) is 5.69 Å². The van der Waals surface area contributed by atoms with Crippen molar-refractivity contribution in [2.24, 2.45) is 0 Å².